The van der Waals surface area contributed by atoms with Crippen molar-refractivity contribution in [1.29, 1.82) is 0 Å². The summed E-state index contributed by atoms with van der Waals surface area (Å²) >= 11 is 0. The highest BCUT2D eigenvalue weighted by Crippen LogP contribution is 2.88. The largest absolute Gasteiger partial charge is 0.462 e. The Labute approximate surface area is 228 Å². The molecule has 6 heteroatoms. The van der Waals surface area contributed by atoms with Gasteiger partial charge in [0.05, 0.1) is 17.8 Å². The monoisotopic (exact) mass is 530 g/mol. The van der Waals surface area contributed by atoms with Gasteiger partial charge >= 0.3 is 5.97 Å². The quantitative estimate of drug-likeness (QED) is 0.384. The van der Waals surface area contributed by atoms with E-state index < -0.39 is 6.29 Å². The molecule has 4 unspecified atom stereocenters. The minimum Gasteiger partial charge on any atom is -0.462 e. The molecule has 7 aliphatic rings. The first-order chi connectivity index (χ1) is 17.6. The SMILES string of the molecule is CC(=O)O[C@@H]1CC2C(C)(C)[C@H](O)CC[C@]2(C)[C@H]2CC[C@]34C[C@@]3(CC[C@@H]4[C@@]3(C)CC(C4OC4(C)C)OC3O)[C@H]12. The number of hydrogen-bond acceptors (Lipinski definition) is 6. The fraction of sp³-hybridized carbons (Fsp3) is 0.969. The predicted octanol–water partition coefficient (Wildman–Crippen LogP) is 5.23. The number of carbonyl (C=O) groups is 1. The van der Waals surface area contributed by atoms with Crippen LogP contribution in [0.25, 0.3) is 0 Å². The summed E-state index contributed by atoms with van der Waals surface area (Å²) in [5, 5.41) is 22.4. The number of aliphatic hydroxyl groups is 2. The number of hydrogen-bond donors (Lipinski definition) is 2. The lowest BCUT2D eigenvalue weighted by atomic mass is 9.41. The highest BCUT2D eigenvalue weighted by molar-refractivity contribution is 5.66. The average Bonchev–Trinajstić information content (AvgIpc) is 3.59. The minimum atomic E-state index is -0.751. The molecule has 38 heavy (non-hydrogen) atoms. The van der Waals surface area contributed by atoms with Crippen LogP contribution in [-0.4, -0.2) is 52.5 Å². The summed E-state index contributed by atoms with van der Waals surface area (Å²) in [5.41, 5.74) is -0.0366. The molecule has 0 radical (unpaired) electrons. The van der Waals surface area contributed by atoms with Gasteiger partial charge in [-0.25, -0.2) is 0 Å². The first-order valence-electron chi connectivity index (χ1n) is 15.5. The summed E-state index contributed by atoms with van der Waals surface area (Å²) in [4.78, 5) is 12.5. The maximum atomic E-state index is 12.5. The van der Waals surface area contributed by atoms with Gasteiger partial charge in [-0.3, -0.25) is 4.79 Å². The number of aliphatic hydroxyl groups excluding tert-OH is 2. The fourth-order valence-electron chi connectivity index (χ4n) is 12.4. The highest BCUT2D eigenvalue weighted by atomic mass is 16.7. The minimum absolute atomic E-state index is 0.0365. The highest BCUT2D eigenvalue weighted by Gasteiger charge is 2.83. The molecular formula is C32H50O6. The molecule has 0 amide bonds. The Morgan fingerprint density at radius 1 is 0.895 bits per heavy atom. The zero-order valence-electron chi connectivity index (χ0n) is 24.6. The number of ether oxygens (including phenoxy) is 3. The van der Waals surface area contributed by atoms with Gasteiger partial charge in [0, 0.05) is 18.3 Å². The Morgan fingerprint density at radius 2 is 1.58 bits per heavy atom. The number of rotatable bonds is 3. The van der Waals surface area contributed by atoms with Gasteiger partial charge < -0.3 is 24.4 Å². The van der Waals surface area contributed by atoms with Crippen LogP contribution < -0.4 is 0 Å². The van der Waals surface area contributed by atoms with Gasteiger partial charge in [-0.15, -0.1) is 0 Å². The zero-order chi connectivity index (χ0) is 27.3. The van der Waals surface area contributed by atoms with Crippen LogP contribution in [-0.2, 0) is 19.0 Å². The standard InChI is InChI=1S/C32H50O6/c1-17(33)36-19-14-22-27(2,3)23(34)10-11-29(22,6)18-8-12-31-16-32(31,24(18)19)13-9-21(31)30(7)15-20(37-26(30)35)25-28(4,5)38-25/h18-26,34-35H,8-16H2,1-7H3/t18-,19+,20?,21+,22?,23+,24-,25?,26?,29+,30+,31+,32-/m0/s1. The molecule has 2 saturated heterocycles. The smallest absolute Gasteiger partial charge is 0.302 e. The summed E-state index contributed by atoms with van der Waals surface area (Å²) in [6, 6.07) is 0. The van der Waals surface area contributed by atoms with Gasteiger partial charge in [-0.1, -0.05) is 27.7 Å². The molecule has 0 aromatic heterocycles. The molecule has 2 aliphatic heterocycles. The summed E-state index contributed by atoms with van der Waals surface area (Å²) in [5.74, 6) is 1.48. The maximum Gasteiger partial charge on any atom is 0.302 e. The van der Waals surface area contributed by atoms with Gasteiger partial charge in [0.2, 0.25) is 0 Å². The lowest BCUT2D eigenvalue weighted by Crippen LogP contribution is -2.62. The Balaban J connectivity index is 1.22. The Kier molecular flexibility index (Phi) is 5.23. The lowest BCUT2D eigenvalue weighted by Gasteiger charge is -2.64. The van der Waals surface area contributed by atoms with Gasteiger partial charge in [-0.05, 0) is 111 Å². The third kappa shape index (κ3) is 3.07. The van der Waals surface area contributed by atoms with Crippen molar-refractivity contribution in [1.82, 2.24) is 0 Å². The van der Waals surface area contributed by atoms with Crippen LogP contribution >= 0.6 is 0 Å². The van der Waals surface area contributed by atoms with E-state index >= 15 is 0 Å². The second-order valence-electron chi connectivity index (χ2n) is 16.4. The normalized spacial score (nSPS) is 59.2. The Morgan fingerprint density at radius 3 is 2.24 bits per heavy atom. The van der Waals surface area contributed by atoms with Gasteiger partial charge in [0.25, 0.3) is 0 Å². The molecule has 7 rings (SSSR count). The number of fused-ring (bicyclic) bond motifs is 3. The van der Waals surface area contributed by atoms with E-state index in [2.05, 4.69) is 41.5 Å². The van der Waals surface area contributed by atoms with Crippen molar-refractivity contribution in [3.63, 3.8) is 0 Å². The van der Waals surface area contributed by atoms with Crippen LogP contribution in [0.4, 0.5) is 0 Å². The fourth-order valence-corrected chi connectivity index (χ4v) is 12.4. The molecule has 214 valence electrons. The molecule has 0 aromatic rings. The van der Waals surface area contributed by atoms with E-state index in [0.717, 1.165) is 38.5 Å². The third-order valence-electron chi connectivity index (χ3n) is 14.3. The van der Waals surface area contributed by atoms with Crippen molar-refractivity contribution >= 4 is 5.97 Å². The molecule has 6 nitrogen and oxygen atoms in total. The van der Waals surface area contributed by atoms with Crippen LogP contribution in [0.3, 0.4) is 0 Å². The molecule has 5 saturated carbocycles. The second-order valence-corrected chi connectivity index (χ2v) is 16.4. The van der Waals surface area contributed by atoms with Gasteiger partial charge in [0.1, 0.15) is 12.2 Å². The number of esters is 1. The second kappa shape index (κ2) is 7.57. The van der Waals surface area contributed by atoms with Crippen LogP contribution in [0.2, 0.25) is 0 Å². The molecule has 5 aliphatic carbocycles. The Hall–Kier alpha value is -0.690. The van der Waals surface area contributed by atoms with Crippen molar-refractivity contribution in [3.05, 3.63) is 0 Å². The lowest BCUT2D eigenvalue weighted by molar-refractivity contribution is -0.216. The van der Waals surface area contributed by atoms with E-state index in [0.29, 0.717) is 23.7 Å². The molecule has 7 fully saturated rings. The summed E-state index contributed by atoms with van der Waals surface area (Å²) in [6.07, 6.45) is 8.42. The van der Waals surface area contributed by atoms with E-state index in [4.69, 9.17) is 14.2 Å². The molecule has 2 N–H and O–H groups in total. The van der Waals surface area contributed by atoms with Crippen LogP contribution in [0, 0.1) is 50.7 Å². The summed E-state index contributed by atoms with van der Waals surface area (Å²) in [6.45, 7) is 15.1. The number of epoxide rings is 1. The average molecular weight is 531 g/mol. The van der Waals surface area contributed by atoms with E-state index in [1.54, 1.807) is 6.92 Å². The molecule has 2 heterocycles. The molecule has 0 spiro atoms. The third-order valence-corrected chi connectivity index (χ3v) is 14.3. The van der Waals surface area contributed by atoms with Crippen molar-refractivity contribution in [3.8, 4) is 0 Å². The van der Waals surface area contributed by atoms with E-state index in [9.17, 15) is 15.0 Å². The molecular weight excluding hydrogens is 480 g/mol. The van der Waals surface area contributed by atoms with Crippen LogP contribution in [0.1, 0.15) is 106 Å². The zero-order valence-corrected chi connectivity index (χ0v) is 24.6. The molecule has 0 bridgehead atoms. The van der Waals surface area contributed by atoms with E-state index in [1.165, 1.54) is 19.3 Å². The van der Waals surface area contributed by atoms with Crippen molar-refractivity contribution in [2.75, 3.05) is 0 Å². The maximum absolute atomic E-state index is 12.5. The van der Waals surface area contributed by atoms with Crippen LogP contribution in [0.5, 0.6) is 0 Å². The number of carbonyl (C=O) groups excluding carboxylic acids is 1. The van der Waals surface area contributed by atoms with Gasteiger partial charge in [0.15, 0.2) is 6.29 Å². The van der Waals surface area contributed by atoms with E-state index in [1.807, 2.05) is 0 Å². The van der Waals surface area contributed by atoms with Crippen molar-refractivity contribution in [2.45, 2.75) is 143 Å². The summed E-state index contributed by atoms with van der Waals surface area (Å²) in [7, 11) is 0. The van der Waals surface area contributed by atoms with Gasteiger partial charge in [-0.2, -0.15) is 0 Å². The predicted molar refractivity (Wildman–Crippen MR) is 142 cm³/mol. The Bertz CT molecular complexity index is 1040. The summed E-state index contributed by atoms with van der Waals surface area (Å²) < 4.78 is 18.4. The first kappa shape index (κ1) is 26.2. The van der Waals surface area contributed by atoms with Crippen molar-refractivity contribution < 1.29 is 29.2 Å². The molecule has 0 aromatic carbocycles. The van der Waals surface area contributed by atoms with Crippen LogP contribution in [0.15, 0.2) is 0 Å². The van der Waals surface area contributed by atoms with E-state index in [-0.39, 0.29) is 63.1 Å². The van der Waals surface area contributed by atoms with Crippen molar-refractivity contribution in [2.24, 2.45) is 50.7 Å². The molecule has 13 atom stereocenters. The first-order valence-corrected chi connectivity index (χ1v) is 15.5. The topological polar surface area (TPSA) is 88.5 Å².